The molecule has 0 aliphatic carbocycles. The van der Waals surface area contributed by atoms with E-state index in [0.717, 1.165) is 6.07 Å². The number of nitro benzene ring substituents is 1. The Morgan fingerprint density at radius 2 is 2.10 bits per heavy atom. The molecule has 0 radical (unpaired) electrons. The van der Waals surface area contributed by atoms with E-state index in [9.17, 15) is 19.7 Å². The van der Waals surface area contributed by atoms with Gasteiger partial charge in [0.15, 0.2) is 0 Å². The van der Waals surface area contributed by atoms with Crippen LogP contribution in [0.25, 0.3) is 0 Å². The maximum absolute atomic E-state index is 11.6. The number of carboxylic acids is 1. The number of rotatable bonds is 6. The molecule has 0 aliphatic heterocycles. The Kier molecular flexibility index (Phi) is 5.01. The fraction of sp³-hybridized carbons (Fsp3) is 0.333. The molecule has 0 fully saturated rings. The molecule has 0 unspecified atom stereocenters. The van der Waals surface area contributed by atoms with Crippen molar-refractivity contribution in [1.29, 1.82) is 0 Å². The summed E-state index contributed by atoms with van der Waals surface area (Å²) in [5, 5.41) is 22.3. The fourth-order valence-corrected chi connectivity index (χ4v) is 1.68. The highest BCUT2D eigenvalue weighted by atomic mass is 16.6. The monoisotopic (exact) mass is 281 g/mol. The zero-order chi connectivity index (χ0) is 15.3. The van der Waals surface area contributed by atoms with Crippen LogP contribution in [0.2, 0.25) is 0 Å². The molecule has 1 rings (SSSR count). The van der Waals surface area contributed by atoms with Crippen LogP contribution < -0.4 is 10.2 Å². The summed E-state index contributed by atoms with van der Waals surface area (Å²) in [5.74, 6) is -1.52. The fourth-order valence-electron chi connectivity index (χ4n) is 1.68. The van der Waals surface area contributed by atoms with Crippen molar-refractivity contribution in [2.75, 3.05) is 25.0 Å². The minimum atomic E-state index is -1.10. The number of carbonyl (C=O) groups is 2. The summed E-state index contributed by atoms with van der Waals surface area (Å²) in [4.78, 5) is 33.9. The number of nitrogens with one attached hydrogen (secondary N) is 1. The third-order valence-corrected chi connectivity index (χ3v) is 2.56. The number of benzene rings is 1. The first-order chi connectivity index (χ1) is 9.36. The van der Waals surface area contributed by atoms with Crippen LogP contribution in [0.3, 0.4) is 0 Å². The molecule has 0 atom stereocenters. The van der Waals surface area contributed by atoms with Gasteiger partial charge in [-0.15, -0.1) is 0 Å². The number of anilines is 1. The minimum absolute atomic E-state index is 0.144. The number of carboxylic acid groups (broad SMARTS) is 1. The molecular formula is C12H15N3O5. The van der Waals surface area contributed by atoms with E-state index in [-0.39, 0.29) is 23.5 Å². The molecule has 20 heavy (non-hydrogen) atoms. The van der Waals surface area contributed by atoms with Crippen molar-refractivity contribution in [3.05, 3.63) is 33.9 Å². The smallest absolute Gasteiger partial charge is 0.323 e. The Bertz CT molecular complexity index is 544. The molecule has 0 aliphatic rings. The molecule has 0 bridgehead atoms. The van der Waals surface area contributed by atoms with Crippen LogP contribution >= 0.6 is 0 Å². The molecule has 0 heterocycles. The van der Waals surface area contributed by atoms with Gasteiger partial charge in [0.25, 0.3) is 11.6 Å². The summed E-state index contributed by atoms with van der Waals surface area (Å²) < 4.78 is 0. The first-order valence-electron chi connectivity index (χ1n) is 5.86. The van der Waals surface area contributed by atoms with Gasteiger partial charge in [0.2, 0.25) is 0 Å². The SMILES string of the molecule is CCNC(=O)c1ccc(N(C)CC(=O)O)c([N+](=O)[O-])c1. The molecule has 1 aromatic rings. The molecule has 0 aromatic heterocycles. The van der Waals surface area contributed by atoms with Gasteiger partial charge in [-0.05, 0) is 19.1 Å². The van der Waals surface area contributed by atoms with Gasteiger partial charge in [-0.25, -0.2) is 0 Å². The van der Waals surface area contributed by atoms with Gasteiger partial charge >= 0.3 is 5.97 Å². The van der Waals surface area contributed by atoms with E-state index in [1.807, 2.05) is 0 Å². The Balaban J connectivity index is 3.17. The van der Waals surface area contributed by atoms with E-state index in [1.54, 1.807) is 6.92 Å². The molecule has 108 valence electrons. The van der Waals surface area contributed by atoms with Gasteiger partial charge in [0.05, 0.1) is 4.92 Å². The predicted octanol–water partition coefficient (Wildman–Crippen LogP) is 0.865. The van der Waals surface area contributed by atoms with Crippen molar-refractivity contribution < 1.29 is 19.6 Å². The lowest BCUT2D eigenvalue weighted by Gasteiger charge is -2.17. The van der Waals surface area contributed by atoms with E-state index in [1.165, 1.54) is 24.1 Å². The number of nitro groups is 1. The molecule has 0 spiro atoms. The van der Waals surface area contributed by atoms with E-state index in [4.69, 9.17) is 5.11 Å². The second kappa shape index (κ2) is 6.50. The molecule has 1 amide bonds. The lowest BCUT2D eigenvalue weighted by atomic mass is 10.1. The van der Waals surface area contributed by atoms with Gasteiger partial charge in [0, 0.05) is 25.2 Å². The second-order valence-corrected chi connectivity index (χ2v) is 4.07. The standard InChI is InChI=1S/C12H15N3O5/c1-3-13-12(18)8-4-5-9(10(6-8)15(19)20)14(2)7-11(16)17/h4-6H,3,7H2,1-2H3,(H,13,18)(H,16,17). The number of likely N-dealkylation sites (N-methyl/N-ethyl adjacent to an activating group) is 1. The summed E-state index contributed by atoms with van der Waals surface area (Å²) in [6.45, 7) is 1.77. The Morgan fingerprint density at radius 1 is 1.45 bits per heavy atom. The van der Waals surface area contributed by atoms with Crippen LogP contribution in [-0.4, -0.2) is 42.0 Å². The summed E-state index contributed by atoms with van der Waals surface area (Å²) in [5.41, 5.74) is -0.00558. The van der Waals surface area contributed by atoms with Gasteiger partial charge in [-0.2, -0.15) is 0 Å². The van der Waals surface area contributed by atoms with Crippen LogP contribution in [0.1, 0.15) is 17.3 Å². The average Bonchev–Trinajstić information content (AvgIpc) is 2.37. The predicted molar refractivity (Wildman–Crippen MR) is 72.0 cm³/mol. The summed E-state index contributed by atoms with van der Waals surface area (Å²) in [7, 11) is 1.43. The molecule has 2 N–H and O–H groups in total. The summed E-state index contributed by atoms with van der Waals surface area (Å²) in [6, 6.07) is 3.93. The third kappa shape index (κ3) is 3.67. The Hall–Kier alpha value is -2.64. The lowest BCUT2D eigenvalue weighted by Crippen LogP contribution is -2.26. The average molecular weight is 281 g/mol. The lowest BCUT2D eigenvalue weighted by molar-refractivity contribution is -0.384. The van der Waals surface area contributed by atoms with Gasteiger partial charge < -0.3 is 15.3 Å². The van der Waals surface area contributed by atoms with Crippen LogP contribution in [-0.2, 0) is 4.79 Å². The van der Waals surface area contributed by atoms with Crippen molar-refractivity contribution in [1.82, 2.24) is 5.32 Å². The zero-order valence-electron chi connectivity index (χ0n) is 11.1. The van der Waals surface area contributed by atoms with Crippen LogP contribution in [0, 0.1) is 10.1 Å². The molecular weight excluding hydrogens is 266 g/mol. The zero-order valence-corrected chi connectivity index (χ0v) is 11.1. The maximum Gasteiger partial charge on any atom is 0.323 e. The number of hydrogen-bond acceptors (Lipinski definition) is 5. The van der Waals surface area contributed by atoms with Crippen LogP contribution in [0.4, 0.5) is 11.4 Å². The Morgan fingerprint density at radius 3 is 2.60 bits per heavy atom. The van der Waals surface area contributed by atoms with E-state index >= 15 is 0 Å². The first-order valence-corrected chi connectivity index (χ1v) is 5.86. The van der Waals surface area contributed by atoms with Crippen molar-refractivity contribution in [2.24, 2.45) is 0 Å². The van der Waals surface area contributed by atoms with E-state index < -0.39 is 16.8 Å². The van der Waals surface area contributed by atoms with Gasteiger partial charge in [-0.1, -0.05) is 0 Å². The minimum Gasteiger partial charge on any atom is -0.480 e. The summed E-state index contributed by atoms with van der Waals surface area (Å²) in [6.07, 6.45) is 0. The van der Waals surface area contributed by atoms with Crippen molar-refractivity contribution in [3.8, 4) is 0 Å². The number of nitrogens with zero attached hydrogens (tertiary/aromatic N) is 2. The maximum atomic E-state index is 11.6. The number of carbonyl (C=O) groups excluding carboxylic acids is 1. The van der Waals surface area contributed by atoms with Crippen LogP contribution in [0.15, 0.2) is 18.2 Å². The van der Waals surface area contributed by atoms with E-state index in [2.05, 4.69) is 5.32 Å². The van der Waals surface area contributed by atoms with E-state index in [0.29, 0.717) is 6.54 Å². The van der Waals surface area contributed by atoms with Crippen molar-refractivity contribution in [3.63, 3.8) is 0 Å². The largest absolute Gasteiger partial charge is 0.480 e. The number of hydrogen-bond donors (Lipinski definition) is 2. The molecule has 1 aromatic carbocycles. The molecule has 0 saturated heterocycles. The van der Waals surface area contributed by atoms with Crippen LogP contribution in [0.5, 0.6) is 0 Å². The first kappa shape index (κ1) is 15.4. The molecule has 0 saturated carbocycles. The molecule has 8 heteroatoms. The quantitative estimate of drug-likeness (QED) is 0.590. The topological polar surface area (TPSA) is 113 Å². The van der Waals surface area contributed by atoms with Gasteiger partial charge in [-0.3, -0.25) is 19.7 Å². The third-order valence-electron chi connectivity index (χ3n) is 2.56. The highest BCUT2D eigenvalue weighted by Gasteiger charge is 2.21. The highest BCUT2D eigenvalue weighted by Crippen LogP contribution is 2.28. The van der Waals surface area contributed by atoms with Crippen molar-refractivity contribution >= 4 is 23.3 Å². The highest BCUT2D eigenvalue weighted by molar-refractivity contribution is 5.95. The number of amides is 1. The van der Waals surface area contributed by atoms with Gasteiger partial charge in [0.1, 0.15) is 12.2 Å². The molecule has 8 nitrogen and oxygen atoms in total. The number of aliphatic carboxylic acids is 1. The normalized spacial score (nSPS) is 9.90. The second-order valence-electron chi connectivity index (χ2n) is 4.07. The summed E-state index contributed by atoms with van der Waals surface area (Å²) >= 11 is 0. The Labute approximate surface area is 115 Å². The van der Waals surface area contributed by atoms with Crippen molar-refractivity contribution in [2.45, 2.75) is 6.92 Å².